The van der Waals surface area contributed by atoms with Gasteiger partial charge in [-0.05, 0) is 23.8 Å². The number of amides is 1. The number of anilines is 1. The molecule has 1 amide bonds. The van der Waals surface area contributed by atoms with Gasteiger partial charge in [0.05, 0.1) is 11.3 Å². The van der Waals surface area contributed by atoms with Crippen molar-refractivity contribution in [2.75, 3.05) is 18.4 Å². The summed E-state index contributed by atoms with van der Waals surface area (Å²) >= 11 is 3.17. The minimum absolute atomic E-state index is 0.191. The molecule has 104 valence electrons. The quantitative estimate of drug-likeness (QED) is 0.827. The Morgan fingerprint density at radius 3 is 3.00 bits per heavy atom. The van der Waals surface area contributed by atoms with E-state index in [-0.39, 0.29) is 12.1 Å². The van der Waals surface area contributed by atoms with Crippen molar-refractivity contribution in [1.82, 2.24) is 5.32 Å². The summed E-state index contributed by atoms with van der Waals surface area (Å²) in [4.78, 5) is 21.7. The molecule has 1 heterocycles. The third kappa shape index (κ3) is 3.30. The first-order valence-corrected chi connectivity index (χ1v) is 6.60. The molecule has 0 fully saturated rings. The van der Waals surface area contributed by atoms with Crippen molar-refractivity contribution in [1.29, 1.82) is 0 Å². The molecule has 1 aromatic rings. The molecule has 0 saturated carbocycles. The average Bonchev–Trinajstić information content (AvgIpc) is 2.46. The lowest BCUT2D eigenvalue weighted by Gasteiger charge is -2.15. The molecule has 1 aliphatic rings. The Balaban J connectivity index is 2.09. The van der Waals surface area contributed by atoms with E-state index >= 15 is 0 Å². The second-order valence-corrected chi connectivity index (χ2v) is 4.99. The summed E-state index contributed by atoms with van der Waals surface area (Å²) in [5.74, 6) is -1.25. The lowest BCUT2D eigenvalue weighted by atomic mass is 10.0. The summed E-state index contributed by atoms with van der Waals surface area (Å²) in [5, 5.41) is 8.12. The predicted octanol–water partition coefficient (Wildman–Crippen LogP) is 2.71. The van der Waals surface area contributed by atoms with Crippen LogP contribution in [0.5, 0.6) is 0 Å². The van der Waals surface area contributed by atoms with Crippen LogP contribution in [0.4, 0.5) is 10.1 Å². The molecule has 0 unspecified atom stereocenters. The highest BCUT2D eigenvalue weighted by molar-refractivity contribution is 9.10. The predicted molar refractivity (Wildman–Crippen MR) is 77.6 cm³/mol. The van der Waals surface area contributed by atoms with Crippen molar-refractivity contribution in [3.05, 3.63) is 56.8 Å². The fourth-order valence-electron chi connectivity index (χ4n) is 1.78. The summed E-state index contributed by atoms with van der Waals surface area (Å²) in [6.45, 7) is 0.767. The molecule has 1 aliphatic heterocycles. The molecular weight excluding hydrogens is 329 g/mol. The zero-order valence-electron chi connectivity index (χ0n) is 10.3. The van der Waals surface area contributed by atoms with E-state index in [0.717, 1.165) is 0 Å². The van der Waals surface area contributed by atoms with Crippen LogP contribution in [0, 0.1) is 10.7 Å². The second-order valence-electron chi connectivity index (χ2n) is 4.07. The number of dihydropyridines is 1. The molecule has 0 aromatic heterocycles. The molecule has 1 aromatic carbocycles. The van der Waals surface area contributed by atoms with E-state index in [0.29, 0.717) is 22.3 Å². The van der Waals surface area contributed by atoms with E-state index in [2.05, 4.69) is 31.7 Å². The molecule has 5 nitrogen and oxygen atoms in total. The van der Waals surface area contributed by atoms with E-state index in [1.807, 2.05) is 0 Å². The van der Waals surface area contributed by atoms with Gasteiger partial charge in [0.1, 0.15) is 5.82 Å². The number of carbonyl (C=O) groups excluding carboxylic acids is 1. The molecular formula is C13H11BrFN3O2. The van der Waals surface area contributed by atoms with Crippen LogP contribution < -0.4 is 10.6 Å². The number of hydrogen-bond donors (Lipinski definition) is 2. The Morgan fingerprint density at radius 2 is 2.30 bits per heavy atom. The fourth-order valence-corrected chi connectivity index (χ4v) is 2.12. The summed E-state index contributed by atoms with van der Waals surface area (Å²) in [6.07, 6.45) is 3.20. The van der Waals surface area contributed by atoms with Crippen molar-refractivity contribution < 1.29 is 9.18 Å². The van der Waals surface area contributed by atoms with Gasteiger partial charge in [0.2, 0.25) is 0 Å². The minimum atomic E-state index is -0.846. The zero-order valence-corrected chi connectivity index (χ0v) is 11.9. The van der Waals surface area contributed by atoms with Crippen molar-refractivity contribution >= 4 is 27.5 Å². The fraction of sp³-hybridized carbons (Fsp3) is 0.154. The first-order valence-electron chi connectivity index (χ1n) is 5.81. The number of nitrogens with one attached hydrogen (secondary N) is 2. The average molecular weight is 340 g/mol. The van der Waals surface area contributed by atoms with Crippen LogP contribution >= 0.6 is 15.9 Å². The number of benzene rings is 1. The van der Waals surface area contributed by atoms with Gasteiger partial charge < -0.3 is 10.6 Å². The number of nitroso groups, excluding NO2 is 1. The van der Waals surface area contributed by atoms with Crippen LogP contribution in [-0.4, -0.2) is 19.0 Å². The normalized spacial score (nSPS) is 13.9. The van der Waals surface area contributed by atoms with Crippen molar-refractivity contribution in [3.8, 4) is 0 Å². The molecule has 0 radical (unpaired) electrons. The third-order valence-corrected chi connectivity index (χ3v) is 3.27. The maximum atomic E-state index is 13.7. The van der Waals surface area contributed by atoms with Gasteiger partial charge in [-0.2, -0.15) is 0 Å². The number of hydrogen-bond acceptors (Lipinski definition) is 4. The Hall–Kier alpha value is -2.02. The molecule has 2 N–H and O–H groups in total. The van der Waals surface area contributed by atoms with Crippen LogP contribution in [0.1, 0.15) is 0 Å². The zero-order chi connectivity index (χ0) is 14.5. The number of nitrogens with zero attached hydrogens (tertiary/aromatic N) is 1. The summed E-state index contributed by atoms with van der Waals surface area (Å²) in [7, 11) is 0. The van der Waals surface area contributed by atoms with E-state index in [9.17, 15) is 14.1 Å². The van der Waals surface area contributed by atoms with E-state index in [4.69, 9.17) is 0 Å². The summed E-state index contributed by atoms with van der Waals surface area (Å²) < 4.78 is 14.3. The minimum Gasteiger partial charge on any atom is -0.387 e. The highest BCUT2D eigenvalue weighted by atomic mass is 79.9. The first kappa shape index (κ1) is 14.4. The van der Waals surface area contributed by atoms with Gasteiger partial charge in [-0.1, -0.05) is 22.0 Å². The largest absolute Gasteiger partial charge is 0.387 e. The van der Waals surface area contributed by atoms with Crippen molar-refractivity contribution in [2.45, 2.75) is 0 Å². The van der Waals surface area contributed by atoms with Crippen LogP contribution in [0.15, 0.2) is 51.3 Å². The van der Waals surface area contributed by atoms with Gasteiger partial charge in [0.25, 0.3) is 0 Å². The van der Waals surface area contributed by atoms with Gasteiger partial charge in [0.15, 0.2) is 0 Å². The molecule has 0 aliphatic carbocycles. The topological polar surface area (TPSA) is 70.6 Å². The summed E-state index contributed by atoms with van der Waals surface area (Å²) in [5.41, 5.74) is 1.12. The number of halogens is 2. The number of rotatable bonds is 4. The molecule has 0 bridgehead atoms. The van der Waals surface area contributed by atoms with E-state index in [1.165, 1.54) is 12.3 Å². The monoisotopic (exact) mass is 339 g/mol. The van der Waals surface area contributed by atoms with Gasteiger partial charge in [-0.3, -0.25) is 4.79 Å². The molecule has 0 atom stereocenters. The molecule has 20 heavy (non-hydrogen) atoms. The molecule has 2 rings (SSSR count). The van der Waals surface area contributed by atoms with Crippen LogP contribution in [0.3, 0.4) is 0 Å². The van der Waals surface area contributed by atoms with Crippen molar-refractivity contribution in [2.24, 2.45) is 5.18 Å². The highest BCUT2D eigenvalue weighted by Gasteiger charge is 2.17. The maximum Gasteiger partial charge on any atom is 0.318 e. The van der Waals surface area contributed by atoms with Gasteiger partial charge in [0, 0.05) is 28.9 Å². The summed E-state index contributed by atoms with van der Waals surface area (Å²) in [6, 6.07) is 4.63. The van der Waals surface area contributed by atoms with Crippen LogP contribution in [-0.2, 0) is 4.79 Å². The smallest absolute Gasteiger partial charge is 0.318 e. The Morgan fingerprint density at radius 1 is 1.50 bits per heavy atom. The highest BCUT2D eigenvalue weighted by Crippen LogP contribution is 2.21. The Labute approximate surface area is 123 Å². The molecule has 7 heteroatoms. The third-order valence-electron chi connectivity index (χ3n) is 2.77. The lowest BCUT2D eigenvalue weighted by Crippen LogP contribution is -2.21. The molecule has 0 saturated heterocycles. The SMILES string of the molecule is O=NC(=O)C1=CNCC=C1CNc1ccc(Br)cc1F. The van der Waals surface area contributed by atoms with Gasteiger partial charge in [-0.15, -0.1) is 4.91 Å². The van der Waals surface area contributed by atoms with E-state index < -0.39 is 11.7 Å². The molecule has 0 spiro atoms. The van der Waals surface area contributed by atoms with Crippen LogP contribution in [0.2, 0.25) is 0 Å². The van der Waals surface area contributed by atoms with Gasteiger partial charge in [-0.25, -0.2) is 4.39 Å². The van der Waals surface area contributed by atoms with E-state index in [1.54, 1.807) is 18.2 Å². The lowest BCUT2D eigenvalue weighted by molar-refractivity contribution is -0.114. The number of carbonyl (C=O) groups is 1. The Bertz CT molecular complexity index is 614. The first-order chi connectivity index (χ1) is 9.61. The maximum absolute atomic E-state index is 13.7. The van der Waals surface area contributed by atoms with Gasteiger partial charge >= 0.3 is 5.91 Å². The Kier molecular flexibility index (Phi) is 4.62. The van der Waals surface area contributed by atoms with Crippen LogP contribution in [0.25, 0.3) is 0 Å². The standard InChI is InChI=1S/C13H11BrFN3O2/c14-9-1-2-12(11(15)5-9)17-6-8-3-4-16-7-10(8)13(19)18-20/h1-3,5,7,16-17H,4,6H2. The van der Waals surface area contributed by atoms with Crippen molar-refractivity contribution in [3.63, 3.8) is 0 Å². The second kappa shape index (κ2) is 6.42.